The average Bonchev–Trinajstić information content (AvgIpc) is 2.46. The highest BCUT2D eigenvalue weighted by Gasteiger charge is 2.10. The lowest BCUT2D eigenvalue weighted by Gasteiger charge is -2.18. The van der Waals surface area contributed by atoms with Crippen molar-refractivity contribution in [2.75, 3.05) is 13.1 Å². The maximum Gasteiger partial charge on any atom is 0.0177 e. The van der Waals surface area contributed by atoms with Crippen molar-refractivity contribution in [3.8, 4) is 0 Å². The molecule has 0 bridgehead atoms. The minimum atomic E-state index is 0.631. The van der Waals surface area contributed by atoms with Crippen LogP contribution in [0, 0.1) is 5.92 Å². The van der Waals surface area contributed by atoms with Crippen molar-refractivity contribution >= 4 is 15.9 Å². The maximum atomic E-state index is 3.56. The van der Waals surface area contributed by atoms with Gasteiger partial charge < -0.3 is 5.32 Å². The molecule has 0 heterocycles. The third-order valence-electron chi connectivity index (χ3n) is 3.46. The van der Waals surface area contributed by atoms with E-state index in [0.717, 1.165) is 30.4 Å². The smallest absolute Gasteiger partial charge is 0.0177 e. The molecular weight excluding hydrogens is 310 g/mol. The molecule has 1 atom stereocenters. The standard InChI is InChI=1S/C18H22BrN/c1-2-20-14-17(11-15-7-4-3-5-8-15)12-16-9-6-10-18(19)13-16/h3-10,13,17,20H,2,11-12,14H2,1H3. The fourth-order valence-electron chi connectivity index (χ4n) is 2.51. The second-order valence-corrected chi connectivity index (χ2v) is 6.11. The van der Waals surface area contributed by atoms with Gasteiger partial charge in [-0.05, 0) is 55.1 Å². The summed E-state index contributed by atoms with van der Waals surface area (Å²) in [4.78, 5) is 0. The molecule has 1 unspecified atom stereocenters. The Balaban J connectivity index is 2.03. The van der Waals surface area contributed by atoms with E-state index in [-0.39, 0.29) is 0 Å². The van der Waals surface area contributed by atoms with Crippen LogP contribution in [0.25, 0.3) is 0 Å². The van der Waals surface area contributed by atoms with E-state index in [4.69, 9.17) is 0 Å². The average molecular weight is 332 g/mol. The first-order chi connectivity index (χ1) is 9.78. The SMILES string of the molecule is CCNCC(Cc1ccccc1)Cc1cccc(Br)c1. The molecular formula is C18H22BrN. The van der Waals surface area contributed by atoms with Crippen LogP contribution in [0.1, 0.15) is 18.1 Å². The summed E-state index contributed by atoms with van der Waals surface area (Å²) in [6, 6.07) is 19.4. The largest absolute Gasteiger partial charge is 0.317 e. The molecule has 1 nitrogen and oxygen atoms in total. The molecule has 0 aliphatic heterocycles. The highest BCUT2D eigenvalue weighted by Crippen LogP contribution is 2.18. The van der Waals surface area contributed by atoms with Crippen molar-refractivity contribution in [2.45, 2.75) is 19.8 Å². The van der Waals surface area contributed by atoms with E-state index < -0.39 is 0 Å². The van der Waals surface area contributed by atoms with E-state index in [0.29, 0.717) is 5.92 Å². The number of rotatable bonds is 7. The van der Waals surface area contributed by atoms with Crippen LogP contribution in [-0.2, 0) is 12.8 Å². The van der Waals surface area contributed by atoms with Crippen molar-refractivity contribution < 1.29 is 0 Å². The molecule has 0 amide bonds. The van der Waals surface area contributed by atoms with Crippen molar-refractivity contribution in [2.24, 2.45) is 5.92 Å². The van der Waals surface area contributed by atoms with Crippen LogP contribution in [0.4, 0.5) is 0 Å². The summed E-state index contributed by atoms with van der Waals surface area (Å²) in [6.07, 6.45) is 2.24. The van der Waals surface area contributed by atoms with Gasteiger partial charge in [-0.25, -0.2) is 0 Å². The fourth-order valence-corrected chi connectivity index (χ4v) is 2.96. The monoisotopic (exact) mass is 331 g/mol. The summed E-state index contributed by atoms with van der Waals surface area (Å²) in [5.74, 6) is 0.631. The molecule has 2 heteroatoms. The zero-order valence-electron chi connectivity index (χ0n) is 12.0. The third-order valence-corrected chi connectivity index (χ3v) is 3.96. The van der Waals surface area contributed by atoms with E-state index in [1.807, 2.05) is 0 Å². The third kappa shape index (κ3) is 5.10. The van der Waals surface area contributed by atoms with Crippen molar-refractivity contribution in [1.82, 2.24) is 5.32 Å². The van der Waals surface area contributed by atoms with E-state index >= 15 is 0 Å². The summed E-state index contributed by atoms with van der Waals surface area (Å²) in [7, 11) is 0. The minimum Gasteiger partial charge on any atom is -0.317 e. The van der Waals surface area contributed by atoms with Gasteiger partial charge in [-0.3, -0.25) is 0 Å². The molecule has 0 aliphatic rings. The van der Waals surface area contributed by atoms with E-state index in [1.54, 1.807) is 0 Å². The molecule has 0 saturated carbocycles. The minimum absolute atomic E-state index is 0.631. The number of benzene rings is 2. The topological polar surface area (TPSA) is 12.0 Å². The Morgan fingerprint density at radius 2 is 1.65 bits per heavy atom. The van der Waals surface area contributed by atoms with Gasteiger partial charge in [-0.2, -0.15) is 0 Å². The van der Waals surface area contributed by atoms with E-state index in [9.17, 15) is 0 Å². The zero-order valence-corrected chi connectivity index (χ0v) is 13.6. The summed E-state index contributed by atoms with van der Waals surface area (Å²) in [5.41, 5.74) is 2.82. The number of nitrogens with one attached hydrogen (secondary N) is 1. The molecule has 2 aromatic carbocycles. The summed E-state index contributed by atoms with van der Waals surface area (Å²) in [5, 5.41) is 3.49. The molecule has 0 aromatic heterocycles. The highest BCUT2D eigenvalue weighted by atomic mass is 79.9. The maximum absolute atomic E-state index is 3.56. The zero-order chi connectivity index (χ0) is 14.2. The van der Waals surface area contributed by atoms with Gasteiger partial charge in [0.1, 0.15) is 0 Å². The number of hydrogen-bond acceptors (Lipinski definition) is 1. The Morgan fingerprint density at radius 3 is 2.35 bits per heavy atom. The van der Waals surface area contributed by atoms with Crippen molar-refractivity contribution in [3.05, 3.63) is 70.2 Å². The molecule has 20 heavy (non-hydrogen) atoms. The second kappa shape index (κ2) is 8.23. The van der Waals surface area contributed by atoms with Crippen molar-refractivity contribution in [3.63, 3.8) is 0 Å². The van der Waals surface area contributed by atoms with Gasteiger partial charge in [0.15, 0.2) is 0 Å². The lowest BCUT2D eigenvalue weighted by molar-refractivity contribution is 0.478. The Hall–Kier alpha value is -1.12. The Labute approximate surface area is 130 Å². The number of hydrogen-bond donors (Lipinski definition) is 1. The van der Waals surface area contributed by atoms with Crippen LogP contribution in [0.5, 0.6) is 0 Å². The lowest BCUT2D eigenvalue weighted by atomic mass is 9.92. The van der Waals surface area contributed by atoms with E-state index in [2.05, 4.69) is 82.8 Å². The normalized spacial score (nSPS) is 12.3. The lowest BCUT2D eigenvalue weighted by Crippen LogP contribution is -2.25. The number of halogens is 1. The van der Waals surface area contributed by atoms with Gasteiger partial charge >= 0.3 is 0 Å². The van der Waals surface area contributed by atoms with Gasteiger partial charge in [-0.15, -0.1) is 0 Å². The molecule has 2 rings (SSSR count). The van der Waals surface area contributed by atoms with Crippen LogP contribution < -0.4 is 5.32 Å². The molecule has 2 aromatic rings. The molecule has 0 radical (unpaired) electrons. The quantitative estimate of drug-likeness (QED) is 0.789. The molecule has 0 spiro atoms. The summed E-state index contributed by atoms with van der Waals surface area (Å²) in [6.45, 7) is 4.26. The van der Waals surface area contributed by atoms with Gasteiger partial charge in [0.2, 0.25) is 0 Å². The predicted molar refractivity (Wildman–Crippen MR) is 90.0 cm³/mol. The van der Waals surface area contributed by atoms with Crippen molar-refractivity contribution in [1.29, 1.82) is 0 Å². The second-order valence-electron chi connectivity index (χ2n) is 5.20. The van der Waals surface area contributed by atoms with Gasteiger partial charge in [0.25, 0.3) is 0 Å². The first kappa shape index (κ1) is 15.3. The summed E-state index contributed by atoms with van der Waals surface area (Å²) < 4.78 is 1.16. The molecule has 0 saturated heterocycles. The first-order valence-electron chi connectivity index (χ1n) is 7.27. The predicted octanol–water partition coefficient (Wildman–Crippen LogP) is 4.46. The Morgan fingerprint density at radius 1 is 0.950 bits per heavy atom. The first-order valence-corrected chi connectivity index (χ1v) is 8.06. The molecule has 0 fully saturated rings. The van der Waals surface area contributed by atoms with Crippen LogP contribution in [0.15, 0.2) is 59.1 Å². The highest BCUT2D eigenvalue weighted by molar-refractivity contribution is 9.10. The fraction of sp³-hybridized carbons (Fsp3) is 0.333. The molecule has 0 aliphatic carbocycles. The van der Waals surface area contributed by atoms with Crippen LogP contribution in [0.2, 0.25) is 0 Å². The Bertz CT molecular complexity index is 510. The van der Waals surface area contributed by atoms with Crippen LogP contribution >= 0.6 is 15.9 Å². The molecule has 1 N–H and O–H groups in total. The molecule has 106 valence electrons. The van der Waals surface area contributed by atoms with Crippen LogP contribution in [-0.4, -0.2) is 13.1 Å². The van der Waals surface area contributed by atoms with E-state index in [1.165, 1.54) is 11.1 Å². The summed E-state index contributed by atoms with van der Waals surface area (Å²) >= 11 is 3.56. The van der Waals surface area contributed by atoms with Gasteiger partial charge in [0, 0.05) is 4.47 Å². The van der Waals surface area contributed by atoms with Gasteiger partial charge in [-0.1, -0.05) is 65.3 Å². The Kier molecular flexibility index (Phi) is 6.28. The van der Waals surface area contributed by atoms with Gasteiger partial charge in [0.05, 0.1) is 0 Å². The van der Waals surface area contributed by atoms with Crippen LogP contribution in [0.3, 0.4) is 0 Å².